The molecule has 0 radical (unpaired) electrons. The Bertz CT molecular complexity index is 1610. The van der Waals surface area contributed by atoms with Crippen molar-refractivity contribution in [2.24, 2.45) is 10.9 Å². The number of ketones is 1. The van der Waals surface area contributed by atoms with Gasteiger partial charge in [-0.15, -0.1) is 0 Å². The second kappa shape index (κ2) is 15.0. The van der Waals surface area contributed by atoms with Crippen molar-refractivity contribution in [1.82, 2.24) is 0 Å². The van der Waals surface area contributed by atoms with Crippen molar-refractivity contribution in [2.45, 2.75) is 44.9 Å². The van der Waals surface area contributed by atoms with Crippen molar-refractivity contribution in [3.63, 3.8) is 0 Å². The van der Waals surface area contributed by atoms with Crippen LogP contribution in [-0.2, 0) is 14.3 Å². The number of aliphatic imine (C=N–C) groups is 1. The van der Waals surface area contributed by atoms with E-state index in [1.54, 1.807) is 28.3 Å². The number of methoxy groups -OCH3 is 3. The second-order valence-corrected chi connectivity index (χ2v) is 11.3. The molecule has 0 N–H and O–H groups in total. The lowest BCUT2D eigenvalue weighted by atomic mass is 9.66. The molecule has 0 saturated heterocycles. The van der Waals surface area contributed by atoms with Crippen molar-refractivity contribution in [3.8, 4) is 28.7 Å². The molecular weight excluding hydrogens is 586 g/mol. The van der Waals surface area contributed by atoms with Crippen LogP contribution >= 0.6 is 0 Å². The standard InChI is InChI=1S/C37H41NO8/c1-6-16-45-31-15-13-25(22-33(31)43-5)35-34(37(40)46-18-17-44-27-10-8-7-9-11-27)23(2)38-28-19-26(20-29(39)36(28)35)24-12-14-30(41-3)32(21-24)42-4/h7-15,21-22,26,35-36H,6,16-20H2,1-5H3/t26-,35-,36?/m0/s1. The molecule has 9 heteroatoms. The average molecular weight is 628 g/mol. The van der Waals surface area contributed by atoms with Crippen molar-refractivity contribution in [2.75, 3.05) is 41.2 Å². The number of rotatable bonds is 13. The molecule has 1 heterocycles. The maximum atomic E-state index is 14.1. The number of hydrogen-bond donors (Lipinski definition) is 0. The SMILES string of the molecule is CCCOc1ccc([C@H]2C(C(=O)OCCOc3ccccc3)=C(C)N=C3C[C@H](c4ccc(OC)c(OC)c4)CC(=O)C32)cc1OC. The van der Waals surface area contributed by atoms with E-state index in [0.29, 0.717) is 53.0 Å². The average Bonchev–Trinajstić information content (AvgIpc) is 3.08. The molecule has 0 amide bonds. The maximum absolute atomic E-state index is 14.1. The first-order chi connectivity index (χ1) is 22.4. The zero-order valence-electron chi connectivity index (χ0n) is 27.0. The van der Waals surface area contributed by atoms with Crippen molar-refractivity contribution in [3.05, 3.63) is 89.1 Å². The lowest BCUT2D eigenvalue weighted by Gasteiger charge is -2.38. The number of fused-ring (bicyclic) bond motifs is 1. The van der Waals surface area contributed by atoms with Gasteiger partial charge in [-0.3, -0.25) is 9.79 Å². The lowest BCUT2D eigenvalue weighted by molar-refractivity contribution is -0.140. The summed E-state index contributed by atoms with van der Waals surface area (Å²) in [5.41, 5.74) is 3.34. The molecule has 3 aromatic carbocycles. The van der Waals surface area contributed by atoms with Gasteiger partial charge in [-0.05, 0) is 73.2 Å². The molecule has 0 spiro atoms. The van der Waals surface area contributed by atoms with E-state index in [2.05, 4.69) is 0 Å². The van der Waals surface area contributed by atoms with Crippen LogP contribution in [0.4, 0.5) is 0 Å². The van der Waals surface area contributed by atoms with E-state index in [9.17, 15) is 9.59 Å². The van der Waals surface area contributed by atoms with Crippen LogP contribution in [-0.4, -0.2) is 58.6 Å². The Morgan fingerprint density at radius 2 is 1.43 bits per heavy atom. The zero-order valence-corrected chi connectivity index (χ0v) is 27.0. The van der Waals surface area contributed by atoms with Gasteiger partial charge >= 0.3 is 5.97 Å². The number of para-hydroxylation sites is 1. The summed E-state index contributed by atoms with van der Waals surface area (Å²) in [6.45, 7) is 4.60. The van der Waals surface area contributed by atoms with E-state index in [4.69, 9.17) is 33.4 Å². The minimum Gasteiger partial charge on any atom is -0.493 e. The molecule has 0 aromatic heterocycles. The minimum atomic E-state index is -0.629. The third-order valence-corrected chi connectivity index (χ3v) is 8.39. The molecule has 0 bridgehead atoms. The molecule has 3 aromatic rings. The van der Waals surface area contributed by atoms with Crippen molar-refractivity contribution in [1.29, 1.82) is 0 Å². The highest BCUT2D eigenvalue weighted by molar-refractivity contribution is 6.12. The van der Waals surface area contributed by atoms with Crippen LogP contribution in [0.1, 0.15) is 56.1 Å². The number of hydrogen-bond acceptors (Lipinski definition) is 9. The maximum Gasteiger partial charge on any atom is 0.336 e. The summed E-state index contributed by atoms with van der Waals surface area (Å²) in [5, 5.41) is 0. The Morgan fingerprint density at radius 1 is 0.761 bits per heavy atom. The summed E-state index contributed by atoms with van der Waals surface area (Å²) >= 11 is 0. The molecular formula is C37H41NO8. The highest BCUT2D eigenvalue weighted by atomic mass is 16.6. The number of esters is 1. The molecule has 9 nitrogen and oxygen atoms in total. The van der Waals surface area contributed by atoms with Gasteiger partial charge < -0.3 is 28.4 Å². The first-order valence-electron chi connectivity index (χ1n) is 15.6. The number of carbonyl (C=O) groups is 2. The van der Waals surface area contributed by atoms with Crippen LogP contribution in [0.3, 0.4) is 0 Å². The van der Waals surface area contributed by atoms with Gasteiger partial charge in [0.25, 0.3) is 0 Å². The van der Waals surface area contributed by atoms with Crippen molar-refractivity contribution >= 4 is 17.5 Å². The highest BCUT2D eigenvalue weighted by Crippen LogP contribution is 2.48. The smallest absolute Gasteiger partial charge is 0.336 e. The molecule has 46 heavy (non-hydrogen) atoms. The van der Waals surface area contributed by atoms with Gasteiger partial charge in [-0.1, -0.05) is 37.3 Å². The van der Waals surface area contributed by atoms with Crippen molar-refractivity contribution < 1.29 is 38.0 Å². The van der Waals surface area contributed by atoms with Crippen LogP contribution < -0.4 is 23.7 Å². The molecule has 1 fully saturated rings. The molecule has 1 aliphatic heterocycles. The Hall–Kier alpha value is -4.79. The predicted octanol–water partition coefficient (Wildman–Crippen LogP) is 6.70. The Morgan fingerprint density at radius 3 is 2.15 bits per heavy atom. The summed E-state index contributed by atoms with van der Waals surface area (Å²) in [5.74, 6) is 1.19. The summed E-state index contributed by atoms with van der Waals surface area (Å²) in [6.07, 6.45) is 1.69. The van der Waals surface area contributed by atoms with E-state index in [1.165, 1.54) is 0 Å². The van der Waals surface area contributed by atoms with Crippen LogP contribution in [0.15, 0.2) is 83.0 Å². The van der Waals surface area contributed by atoms with E-state index in [1.807, 2.05) is 73.7 Å². The van der Waals surface area contributed by atoms with Crippen LogP contribution in [0.2, 0.25) is 0 Å². The monoisotopic (exact) mass is 627 g/mol. The quantitative estimate of drug-likeness (QED) is 0.152. The summed E-state index contributed by atoms with van der Waals surface area (Å²) in [7, 11) is 4.76. The number of Topliss-reactive ketones (excluding diaryl/α,β-unsaturated/α-hetero) is 1. The third-order valence-electron chi connectivity index (χ3n) is 8.39. The molecule has 5 rings (SSSR count). The van der Waals surface area contributed by atoms with E-state index >= 15 is 0 Å². The summed E-state index contributed by atoms with van der Waals surface area (Å²) < 4.78 is 34.0. The fourth-order valence-electron chi connectivity index (χ4n) is 6.24. The van der Waals surface area contributed by atoms with E-state index in [-0.39, 0.29) is 31.3 Å². The van der Waals surface area contributed by atoms with Crippen LogP contribution in [0, 0.1) is 5.92 Å². The number of carbonyl (C=O) groups excluding carboxylic acids is 2. The number of nitrogens with zero attached hydrogens (tertiary/aromatic N) is 1. The lowest BCUT2D eigenvalue weighted by Crippen LogP contribution is -2.41. The minimum absolute atomic E-state index is 0.00488. The third kappa shape index (κ3) is 7.03. The van der Waals surface area contributed by atoms with Gasteiger partial charge in [0.2, 0.25) is 0 Å². The molecule has 2 aliphatic rings. The van der Waals surface area contributed by atoms with Gasteiger partial charge in [0.15, 0.2) is 23.0 Å². The van der Waals surface area contributed by atoms with Gasteiger partial charge in [0, 0.05) is 23.7 Å². The molecule has 1 saturated carbocycles. The first-order valence-corrected chi connectivity index (χ1v) is 15.6. The number of benzene rings is 3. The number of allylic oxidation sites excluding steroid dienone is 1. The van der Waals surface area contributed by atoms with Crippen LogP contribution in [0.25, 0.3) is 0 Å². The van der Waals surface area contributed by atoms with Gasteiger partial charge in [-0.25, -0.2) is 4.79 Å². The Balaban J connectivity index is 1.47. The van der Waals surface area contributed by atoms with E-state index in [0.717, 1.165) is 23.3 Å². The van der Waals surface area contributed by atoms with Gasteiger partial charge in [-0.2, -0.15) is 0 Å². The van der Waals surface area contributed by atoms with Gasteiger partial charge in [0.05, 0.1) is 39.4 Å². The number of ether oxygens (including phenoxy) is 6. The molecule has 242 valence electrons. The van der Waals surface area contributed by atoms with Gasteiger partial charge in [0.1, 0.15) is 24.7 Å². The highest BCUT2D eigenvalue weighted by Gasteiger charge is 2.46. The summed E-state index contributed by atoms with van der Waals surface area (Å²) in [4.78, 5) is 32.8. The van der Waals surface area contributed by atoms with Crippen LogP contribution in [0.5, 0.6) is 28.7 Å². The Kier molecular flexibility index (Phi) is 10.6. The fourth-order valence-corrected chi connectivity index (χ4v) is 6.24. The zero-order chi connectivity index (χ0) is 32.6. The fraction of sp³-hybridized carbons (Fsp3) is 0.378. The molecule has 1 unspecified atom stereocenters. The summed E-state index contributed by atoms with van der Waals surface area (Å²) in [6, 6.07) is 20.7. The Labute approximate surface area is 270 Å². The normalized spacial score (nSPS) is 19.1. The van der Waals surface area contributed by atoms with E-state index < -0.39 is 17.8 Å². The molecule has 3 atom stereocenters. The first kappa shape index (κ1) is 32.6. The second-order valence-electron chi connectivity index (χ2n) is 11.3. The topological polar surface area (TPSA) is 102 Å². The molecule has 1 aliphatic carbocycles. The predicted molar refractivity (Wildman–Crippen MR) is 175 cm³/mol. The largest absolute Gasteiger partial charge is 0.493 e.